The van der Waals surface area contributed by atoms with Crippen LogP contribution in [0.2, 0.25) is 0 Å². The lowest BCUT2D eigenvalue weighted by molar-refractivity contribution is 0.0881. The van der Waals surface area contributed by atoms with Crippen LogP contribution in [0.4, 0.5) is 0 Å². The predicted molar refractivity (Wildman–Crippen MR) is 84.1 cm³/mol. The zero-order valence-corrected chi connectivity index (χ0v) is 13.4. The Hall–Kier alpha value is -1.06. The normalized spacial score (nSPS) is 15.2. The Bertz CT molecular complexity index is 392. The van der Waals surface area contributed by atoms with Crippen molar-refractivity contribution in [2.24, 2.45) is 11.7 Å². The van der Waals surface area contributed by atoms with Crippen molar-refractivity contribution in [1.29, 1.82) is 0 Å². The molecule has 114 valence electrons. The summed E-state index contributed by atoms with van der Waals surface area (Å²) in [5.41, 5.74) is 7.48. The lowest BCUT2D eigenvalue weighted by Gasteiger charge is -2.25. The van der Waals surface area contributed by atoms with Crippen molar-refractivity contribution in [2.45, 2.75) is 58.6 Å². The van der Waals surface area contributed by atoms with E-state index in [0.717, 1.165) is 12.2 Å². The SMILES string of the molecule is CC(C)CC(N)C(CO)Oc1ccc(C(C)(C)C)cc1. The van der Waals surface area contributed by atoms with E-state index in [4.69, 9.17) is 10.5 Å². The maximum atomic E-state index is 9.45. The van der Waals surface area contributed by atoms with Gasteiger partial charge >= 0.3 is 0 Å². The van der Waals surface area contributed by atoms with Crippen molar-refractivity contribution < 1.29 is 9.84 Å². The molecule has 1 aromatic carbocycles. The fourth-order valence-corrected chi connectivity index (χ4v) is 2.16. The van der Waals surface area contributed by atoms with Crippen molar-refractivity contribution in [1.82, 2.24) is 0 Å². The molecule has 3 heteroatoms. The first-order chi connectivity index (χ1) is 9.24. The number of benzene rings is 1. The molecule has 0 spiro atoms. The largest absolute Gasteiger partial charge is 0.486 e. The summed E-state index contributed by atoms with van der Waals surface area (Å²) < 4.78 is 5.82. The molecule has 3 nitrogen and oxygen atoms in total. The van der Waals surface area contributed by atoms with Crippen LogP contribution in [0.1, 0.15) is 46.6 Å². The molecular formula is C17H29NO2. The van der Waals surface area contributed by atoms with Gasteiger partial charge in [0.2, 0.25) is 0 Å². The van der Waals surface area contributed by atoms with Crippen LogP contribution in [0.5, 0.6) is 5.75 Å². The van der Waals surface area contributed by atoms with E-state index in [1.54, 1.807) is 0 Å². The molecule has 0 aliphatic heterocycles. The molecule has 0 saturated carbocycles. The first-order valence-corrected chi connectivity index (χ1v) is 7.37. The van der Waals surface area contributed by atoms with Gasteiger partial charge < -0.3 is 15.6 Å². The number of hydrogen-bond acceptors (Lipinski definition) is 3. The van der Waals surface area contributed by atoms with Gasteiger partial charge in [-0.3, -0.25) is 0 Å². The van der Waals surface area contributed by atoms with Crippen LogP contribution in [0.25, 0.3) is 0 Å². The number of aliphatic hydroxyl groups is 1. The van der Waals surface area contributed by atoms with E-state index >= 15 is 0 Å². The Labute approximate surface area is 123 Å². The molecule has 0 saturated heterocycles. The summed E-state index contributed by atoms with van der Waals surface area (Å²) >= 11 is 0. The molecule has 2 atom stereocenters. The fourth-order valence-electron chi connectivity index (χ4n) is 2.16. The summed E-state index contributed by atoms with van der Waals surface area (Å²) in [6.07, 6.45) is 0.489. The van der Waals surface area contributed by atoms with Gasteiger partial charge in [-0.25, -0.2) is 0 Å². The molecule has 0 fully saturated rings. The maximum Gasteiger partial charge on any atom is 0.137 e. The second-order valence-corrected chi connectivity index (χ2v) is 6.91. The molecule has 1 aromatic rings. The molecule has 2 unspecified atom stereocenters. The van der Waals surface area contributed by atoms with Crippen molar-refractivity contribution in [3.63, 3.8) is 0 Å². The van der Waals surface area contributed by atoms with Gasteiger partial charge in [0, 0.05) is 6.04 Å². The quantitative estimate of drug-likeness (QED) is 0.841. The van der Waals surface area contributed by atoms with Crippen LogP contribution >= 0.6 is 0 Å². The molecule has 0 heterocycles. The zero-order valence-electron chi connectivity index (χ0n) is 13.4. The fraction of sp³-hybridized carbons (Fsp3) is 0.647. The van der Waals surface area contributed by atoms with Crippen LogP contribution in [0, 0.1) is 5.92 Å². The van der Waals surface area contributed by atoms with Gasteiger partial charge in [-0.05, 0) is 35.4 Å². The van der Waals surface area contributed by atoms with Crippen LogP contribution < -0.4 is 10.5 Å². The smallest absolute Gasteiger partial charge is 0.137 e. The number of aliphatic hydroxyl groups excluding tert-OH is 1. The maximum absolute atomic E-state index is 9.45. The van der Waals surface area contributed by atoms with E-state index in [-0.39, 0.29) is 24.2 Å². The molecule has 0 amide bonds. The molecule has 20 heavy (non-hydrogen) atoms. The zero-order chi connectivity index (χ0) is 15.3. The molecule has 0 bridgehead atoms. The van der Waals surface area contributed by atoms with Crippen LogP contribution in [0.15, 0.2) is 24.3 Å². The van der Waals surface area contributed by atoms with Crippen LogP contribution in [-0.4, -0.2) is 23.9 Å². The molecular weight excluding hydrogens is 250 g/mol. The molecule has 0 radical (unpaired) electrons. The Morgan fingerprint density at radius 3 is 2.10 bits per heavy atom. The highest BCUT2D eigenvalue weighted by Crippen LogP contribution is 2.25. The number of ether oxygens (including phenoxy) is 1. The highest BCUT2D eigenvalue weighted by molar-refractivity contribution is 5.31. The Balaban J connectivity index is 2.71. The first-order valence-electron chi connectivity index (χ1n) is 7.37. The second-order valence-electron chi connectivity index (χ2n) is 6.91. The summed E-state index contributed by atoms with van der Waals surface area (Å²) in [5, 5.41) is 9.45. The lowest BCUT2D eigenvalue weighted by Crippen LogP contribution is -2.42. The highest BCUT2D eigenvalue weighted by Gasteiger charge is 2.20. The molecule has 0 aliphatic rings. The highest BCUT2D eigenvalue weighted by atomic mass is 16.5. The lowest BCUT2D eigenvalue weighted by atomic mass is 9.87. The van der Waals surface area contributed by atoms with Crippen molar-refractivity contribution in [2.75, 3.05) is 6.61 Å². The number of nitrogens with two attached hydrogens (primary N) is 1. The van der Waals surface area contributed by atoms with Gasteiger partial charge in [0.05, 0.1) is 6.61 Å². The monoisotopic (exact) mass is 279 g/mol. The minimum absolute atomic E-state index is 0.0606. The number of hydrogen-bond donors (Lipinski definition) is 2. The summed E-state index contributed by atoms with van der Waals surface area (Å²) in [5.74, 6) is 1.25. The van der Waals surface area contributed by atoms with E-state index < -0.39 is 0 Å². The summed E-state index contributed by atoms with van der Waals surface area (Å²) in [7, 11) is 0. The van der Waals surface area contributed by atoms with Crippen LogP contribution in [-0.2, 0) is 5.41 Å². The first kappa shape index (κ1) is 17.0. The number of rotatable bonds is 6. The van der Waals surface area contributed by atoms with E-state index in [1.165, 1.54) is 5.56 Å². The van der Waals surface area contributed by atoms with E-state index in [2.05, 4.69) is 46.8 Å². The molecule has 0 aromatic heterocycles. The Kier molecular flexibility index (Phi) is 6.03. The Morgan fingerprint density at radius 2 is 1.70 bits per heavy atom. The average molecular weight is 279 g/mol. The molecule has 1 rings (SSSR count). The third-order valence-electron chi connectivity index (χ3n) is 3.41. The predicted octanol–water partition coefficient (Wildman–Crippen LogP) is 3.10. The van der Waals surface area contributed by atoms with Gasteiger partial charge in [0.25, 0.3) is 0 Å². The third kappa shape index (κ3) is 5.14. The molecule has 0 aliphatic carbocycles. The van der Waals surface area contributed by atoms with Gasteiger partial charge in [-0.15, -0.1) is 0 Å². The van der Waals surface area contributed by atoms with Crippen LogP contribution in [0.3, 0.4) is 0 Å². The second kappa shape index (κ2) is 7.09. The third-order valence-corrected chi connectivity index (χ3v) is 3.41. The van der Waals surface area contributed by atoms with Crippen molar-refractivity contribution in [3.8, 4) is 5.75 Å². The summed E-state index contributed by atoms with van der Waals surface area (Å²) in [6, 6.07) is 7.88. The van der Waals surface area contributed by atoms with E-state index in [9.17, 15) is 5.11 Å². The van der Waals surface area contributed by atoms with Gasteiger partial charge in [-0.2, -0.15) is 0 Å². The van der Waals surface area contributed by atoms with E-state index in [1.807, 2.05) is 12.1 Å². The van der Waals surface area contributed by atoms with E-state index in [0.29, 0.717) is 5.92 Å². The standard InChI is InChI=1S/C17H29NO2/c1-12(2)10-15(18)16(11-19)20-14-8-6-13(7-9-14)17(3,4)5/h6-9,12,15-16,19H,10-11,18H2,1-5H3. The summed E-state index contributed by atoms with van der Waals surface area (Å²) in [6.45, 7) is 10.7. The minimum atomic E-state index is -0.349. The Morgan fingerprint density at radius 1 is 1.15 bits per heavy atom. The van der Waals surface area contributed by atoms with Gasteiger partial charge in [-0.1, -0.05) is 46.8 Å². The van der Waals surface area contributed by atoms with Crippen molar-refractivity contribution in [3.05, 3.63) is 29.8 Å². The van der Waals surface area contributed by atoms with Gasteiger partial charge in [0.1, 0.15) is 11.9 Å². The molecule has 3 N–H and O–H groups in total. The summed E-state index contributed by atoms with van der Waals surface area (Å²) in [4.78, 5) is 0. The average Bonchev–Trinajstić information content (AvgIpc) is 2.34. The minimum Gasteiger partial charge on any atom is -0.486 e. The topological polar surface area (TPSA) is 55.5 Å². The van der Waals surface area contributed by atoms with Gasteiger partial charge in [0.15, 0.2) is 0 Å². The van der Waals surface area contributed by atoms with Crippen molar-refractivity contribution >= 4 is 0 Å².